The SMILES string of the molecule is CC(C)(C)OC(=O)n1nc(/C=C/c2cc(Oc3cc(Cl)cc(C#N)c3)c(Cl)cn2)c2cccnc21. The van der Waals surface area contributed by atoms with Gasteiger partial charge >= 0.3 is 6.09 Å². The Morgan fingerprint density at radius 2 is 1.94 bits per heavy atom. The fourth-order valence-electron chi connectivity index (χ4n) is 3.11. The van der Waals surface area contributed by atoms with E-state index in [1.54, 1.807) is 63.4 Å². The van der Waals surface area contributed by atoms with Crippen molar-refractivity contribution in [2.75, 3.05) is 0 Å². The highest BCUT2D eigenvalue weighted by Crippen LogP contribution is 2.32. The minimum Gasteiger partial charge on any atom is -0.456 e. The fourth-order valence-corrected chi connectivity index (χ4v) is 3.48. The van der Waals surface area contributed by atoms with Gasteiger partial charge in [0.25, 0.3) is 0 Å². The molecule has 35 heavy (non-hydrogen) atoms. The largest absolute Gasteiger partial charge is 0.456 e. The summed E-state index contributed by atoms with van der Waals surface area (Å²) >= 11 is 12.3. The highest BCUT2D eigenvalue weighted by atomic mass is 35.5. The molecule has 0 aliphatic rings. The lowest BCUT2D eigenvalue weighted by Gasteiger charge is -2.18. The van der Waals surface area contributed by atoms with Gasteiger partial charge in [-0.05, 0) is 63.3 Å². The predicted octanol–water partition coefficient (Wildman–Crippen LogP) is 6.75. The first kappa shape index (κ1) is 24.2. The summed E-state index contributed by atoms with van der Waals surface area (Å²) in [7, 11) is 0. The van der Waals surface area contributed by atoms with Crippen molar-refractivity contribution in [3.8, 4) is 17.6 Å². The maximum Gasteiger partial charge on any atom is 0.437 e. The average molecular weight is 508 g/mol. The molecule has 10 heteroatoms. The van der Waals surface area contributed by atoms with Crippen LogP contribution in [-0.4, -0.2) is 31.4 Å². The molecule has 0 amide bonds. The zero-order valence-electron chi connectivity index (χ0n) is 19.0. The summed E-state index contributed by atoms with van der Waals surface area (Å²) in [5.74, 6) is 0.698. The molecule has 0 spiro atoms. The quantitative estimate of drug-likeness (QED) is 0.300. The van der Waals surface area contributed by atoms with Crippen molar-refractivity contribution >= 4 is 52.5 Å². The molecule has 8 nitrogen and oxygen atoms in total. The molecule has 0 saturated carbocycles. The Bertz CT molecular complexity index is 1500. The van der Waals surface area contributed by atoms with Crippen molar-refractivity contribution in [1.29, 1.82) is 5.26 Å². The molecule has 0 fully saturated rings. The minimum atomic E-state index is -0.680. The Labute approximate surface area is 211 Å². The van der Waals surface area contributed by atoms with E-state index in [1.165, 1.54) is 12.3 Å². The summed E-state index contributed by atoms with van der Waals surface area (Å²) in [5, 5.41) is 14.9. The van der Waals surface area contributed by atoms with E-state index in [9.17, 15) is 4.79 Å². The Kier molecular flexibility index (Phi) is 6.74. The first-order valence-electron chi connectivity index (χ1n) is 10.4. The van der Waals surface area contributed by atoms with E-state index in [0.717, 1.165) is 4.68 Å². The van der Waals surface area contributed by atoms with Crippen LogP contribution in [0.1, 0.15) is 37.7 Å². The number of benzene rings is 1. The summed E-state index contributed by atoms with van der Waals surface area (Å²) in [5.41, 5.74) is 1.09. The van der Waals surface area contributed by atoms with Crippen LogP contribution in [0.5, 0.6) is 11.5 Å². The predicted molar refractivity (Wildman–Crippen MR) is 134 cm³/mol. The van der Waals surface area contributed by atoms with Gasteiger partial charge in [-0.2, -0.15) is 10.4 Å². The summed E-state index contributed by atoms with van der Waals surface area (Å²) in [6.07, 6.45) is 5.81. The van der Waals surface area contributed by atoms with Crippen LogP contribution in [0.2, 0.25) is 10.0 Å². The maximum atomic E-state index is 12.6. The summed E-state index contributed by atoms with van der Waals surface area (Å²) in [4.78, 5) is 21.2. The van der Waals surface area contributed by atoms with Gasteiger partial charge < -0.3 is 9.47 Å². The van der Waals surface area contributed by atoms with Gasteiger partial charge in [0, 0.05) is 28.9 Å². The van der Waals surface area contributed by atoms with E-state index < -0.39 is 11.7 Å². The van der Waals surface area contributed by atoms with Crippen molar-refractivity contribution in [1.82, 2.24) is 19.7 Å². The Balaban J connectivity index is 1.65. The Hall–Kier alpha value is -3.93. The van der Waals surface area contributed by atoms with Gasteiger partial charge in [0.05, 0.1) is 23.0 Å². The van der Waals surface area contributed by atoms with E-state index in [0.29, 0.717) is 44.5 Å². The summed E-state index contributed by atoms with van der Waals surface area (Å²) < 4.78 is 12.4. The van der Waals surface area contributed by atoms with Crippen LogP contribution in [0.15, 0.2) is 48.8 Å². The van der Waals surface area contributed by atoms with E-state index in [2.05, 4.69) is 15.1 Å². The van der Waals surface area contributed by atoms with Gasteiger partial charge in [0.1, 0.15) is 22.1 Å². The monoisotopic (exact) mass is 507 g/mol. The van der Waals surface area contributed by atoms with Gasteiger partial charge in [0.2, 0.25) is 0 Å². The molecule has 1 aromatic carbocycles. The molecule has 3 aromatic heterocycles. The third-order valence-corrected chi connectivity index (χ3v) is 5.02. The normalized spacial score (nSPS) is 11.5. The second kappa shape index (κ2) is 9.74. The van der Waals surface area contributed by atoms with Crippen LogP contribution >= 0.6 is 23.2 Å². The maximum absolute atomic E-state index is 12.6. The lowest BCUT2D eigenvalue weighted by molar-refractivity contribution is 0.0521. The third-order valence-electron chi connectivity index (χ3n) is 4.52. The van der Waals surface area contributed by atoms with Crippen LogP contribution < -0.4 is 4.74 Å². The molecule has 0 aliphatic carbocycles. The number of aromatic nitrogens is 4. The Morgan fingerprint density at radius 1 is 1.14 bits per heavy atom. The molecular weight excluding hydrogens is 489 g/mol. The number of nitriles is 1. The molecule has 176 valence electrons. The lowest BCUT2D eigenvalue weighted by atomic mass is 10.2. The number of hydrogen-bond donors (Lipinski definition) is 0. The number of rotatable bonds is 4. The molecule has 0 radical (unpaired) electrons. The minimum absolute atomic E-state index is 0.282. The van der Waals surface area contributed by atoms with E-state index in [1.807, 2.05) is 12.1 Å². The Morgan fingerprint density at radius 3 is 2.69 bits per heavy atom. The lowest BCUT2D eigenvalue weighted by Crippen LogP contribution is -2.27. The highest BCUT2D eigenvalue weighted by molar-refractivity contribution is 6.32. The molecular formula is C25H19Cl2N5O3. The van der Waals surface area contributed by atoms with E-state index in [4.69, 9.17) is 37.9 Å². The van der Waals surface area contributed by atoms with E-state index >= 15 is 0 Å². The van der Waals surface area contributed by atoms with Crippen molar-refractivity contribution in [3.63, 3.8) is 0 Å². The molecule has 0 saturated heterocycles. The van der Waals surface area contributed by atoms with Crippen LogP contribution in [0.3, 0.4) is 0 Å². The number of halogens is 2. The average Bonchev–Trinajstić information content (AvgIpc) is 3.17. The fraction of sp³-hybridized carbons (Fsp3) is 0.160. The van der Waals surface area contributed by atoms with Gasteiger partial charge in [-0.15, -0.1) is 4.68 Å². The zero-order valence-corrected chi connectivity index (χ0v) is 20.5. The topological polar surface area (TPSA) is 103 Å². The molecule has 4 rings (SSSR count). The number of fused-ring (bicyclic) bond motifs is 1. The zero-order chi connectivity index (χ0) is 25.2. The van der Waals surface area contributed by atoms with Crippen molar-refractivity contribution in [2.24, 2.45) is 0 Å². The molecule has 0 atom stereocenters. The van der Waals surface area contributed by atoms with Crippen LogP contribution in [0.25, 0.3) is 23.2 Å². The molecule has 0 aliphatic heterocycles. The first-order chi connectivity index (χ1) is 16.6. The number of ether oxygens (including phenoxy) is 2. The molecule has 0 N–H and O–H groups in total. The molecule has 4 aromatic rings. The molecule has 0 bridgehead atoms. The summed E-state index contributed by atoms with van der Waals surface area (Å²) in [6, 6.07) is 11.9. The van der Waals surface area contributed by atoms with Gasteiger partial charge in [-0.3, -0.25) is 4.98 Å². The smallest absolute Gasteiger partial charge is 0.437 e. The number of carbonyl (C=O) groups excluding carboxylic acids is 1. The second-order valence-electron chi connectivity index (χ2n) is 8.41. The van der Waals surface area contributed by atoms with Crippen LogP contribution in [-0.2, 0) is 4.74 Å². The van der Waals surface area contributed by atoms with Gasteiger partial charge in [-0.1, -0.05) is 23.2 Å². The standard InChI is InChI=1S/C25H19Cl2N5O3/c1-25(2,3)35-24(33)32-23-19(5-4-8-29-23)21(31-32)7-6-17-12-22(20(27)14-30-17)34-18-10-15(13-28)9-16(26)11-18/h4-12,14H,1-3H3/b7-6+. The summed E-state index contributed by atoms with van der Waals surface area (Å²) in [6.45, 7) is 5.34. The second-order valence-corrected chi connectivity index (χ2v) is 9.26. The number of carbonyl (C=O) groups is 1. The van der Waals surface area contributed by atoms with Crippen LogP contribution in [0.4, 0.5) is 4.79 Å². The number of nitrogens with zero attached hydrogens (tertiary/aromatic N) is 5. The number of pyridine rings is 2. The first-order valence-corrected chi connectivity index (χ1v) is 11.2. The van der Waals surface area contributed by atoms with Gasteiger partial charge in [0.15, 0.2) is 5.65 Å². The highest BCUT2D eigenvalue weighted by Gasteiger charge is 2.22. The van der Waals surface area contributed by atoms with Crippen molar-refractivity contribution in [2.45, 2.75) is 26.4 Å². The van der Waals surface area contributed by atoms with E-state index in [-0.39, 0.29) is 5.02 Å². The van der Waals surface area contributed by atoms with Crippen molar-refractivity contribution in [3.05, 3.63) is 75.8 Å². The molecule has 3 heterocycles. The van der Waals surface area contributed by atoms with Crippen molar-refractivity contribution < 1.29 is 14.3 Å². The van der Waals surface area contributed by atoms with Crippen LogP contribution in [0, 0.1) is 11.3 Å². The number of hydrogen-bond acceptors (Lipinski definition) is 7. The van der Waals surface area contributed by atoms with Gasteiger partial charge in [-0.25, -0.2) is 9.78 Å². The third kappa shape index (κ3) is 5.77. The molecule has 0 unspecified atom stereocenters.